The average Bonchev–Trinajstić information content (AvgIpc) is 2.70. The molecule has 1 saturated carbocycles. The summed E-state index contributed by atoms with van der Waals surface area (Å²) in [6, 6.07) is 0.219. The number of nitro groups is 1. The van der Waals surface area contributed by atoms with Gasteiger partial charge in [-0.3, -0.25) is 20.8 Å². The molecule has 0 bridgehead atoms. The van der Waals surface area contributed by atoms with Crippen LogP contribution in [0.4, 0.5) is 17.5 Å². The summed E-state index contributed by atoms with van der Waals surface area (Å²) >= 11 is 0. The van der Waals surface area contributed by atoms with Crippen LogP contribution in [0.5, 0.6) is 0 Å². The van der Waals surface area contributed by atoms with Crippen molar-refractivity contribution < 1.29 is 10.1 Å². The lowest BCUT2D eigenvalue weighted by atomic mass is 9.92. The van der Waals surface area contributed by atoms with E-state index in [-0.39, 0.29) is 23.5 Å². The lowest BCUT2D eigenvalue weighted by Gasteiger charge is -2.20. The standard InChI is InChI=1S/C18H25N7O3/c1-2-13(4-3-9-23-26)10-21-18-22-12-16(25(27)28)17(24-18)20-11-14-5-7-15(19)8-6-14/h2-4,9,11-12,15,23,26H,1,5-8,10,19H2,(H2,20,21,22,24). The minimum absolute atomic E-state index is 0.124. The van der Waals surface area contributed by atoms with Crippen LogP contribution < -0.4 is 21.8 Å². The quantitative estimate of drug-likeness (QED) is 0.244. The van der Waals surface area contributed by atoms with Crippen molar-refractivity contribution in [1.29, 1.82) is 0 Å². The van der Waals surface area contributed by atoms with Crippen LogP contribution in [0.1, 0.15) is 25.7 Å². The van der Waals surface area contributed by atoms with Gasteiger partial charge in [0.1, 0.15) is 6.20 Å². The summed E-state index contributed by atoms with van der Waals surface area (Å²) in [5.41, 5.74) is 9.56. The Kier molecular flexibility index (Phi) is 8.12. The minimum Gasteiger partial charge on any atom is -0.350 e. The maximum Gasteiger partial charge on any atom is 0.329 e. The number of allylic oxidation sites excluding steroid dienone is 3. The number of nitrogens with one attached hydrogen (secondary N) is 3. The predicted octanol–water partition coefficient (Wildman–Crippen LogP) is 2.60. The summed E-state index contributed by atoms with van der Waals surface area (Å²) < 4.78 is 0. The van der Waals surface area contributed by atoms with E-state index in [4.69, 9.17) is 10.9 Å². The zero-order chi connectivity index (χ0) is 20.4. The van der Waals surface area contributed by atoms with Gasteiger partial charge in [-0.15, -0.1) is 0 Å². The number of aromatic nitrogens is 2. The number of anilines is 2. The minimum atomic E-state index is -0.525. The highest BCUT2D eigenvalue weighted by Gasteiger charge is 2.18. The number of hydroxylamine groups is 1. The molecule has 0 saturated heterocycles. The molecular weight excluding hydrogens is 362 g/mol. The summed E-state index contributed by atoms with van der Waals surface area (Å²) in [5, 5.41) is 25.7. The van der Waals surface area contributed by atoms with Gasteiger partial charge in [-0.2, -0.15) is 4.98 Å². The van der Waals surface area contributed by atoms with Gasteiger partial charge in [0.05, 0.1) is 4.92 Å². The molecule has 0 spiro atoms. The fourth-order valence-corrected chi connectivity index (χ4v) is 2.62. The molecule has 0 aliphatic heterocycles. The first kappa shape index (κ1) is 21.1. The zero-order valence-electron chi connectivity index (χ0n) is 15.5. The largest absolute Gasteiger partial charge is 0.350 e. The third-order valence-corrected chi connectivity index (χ3v) is 4.25. The van der Waals surface area contributed by atoms with Crippen molar-refractivity contribution in [1.82, 2.24) is 15.4 Å². The Morgan fingerprint density at radius 2 is 2.21 bits per heavy atom. The zero-order valence-corrected chi connectivity index (χ0v) is 15.5. The molecule has 1 aliphatic rings. The van der Waals surface area contributed by atoms with E-state index < -0.39 is 4.92 Å². The molecule has 10 nitrogen and oxygen atoms in total. The highest BCUT2D eigenvalue weighted by atomic mass is 16.6. The van der Waals surface area contributed by atoms with Crippen molar-refractivity contribution >= 4 is 17.5 Å². The highest BCUT2D eigenvalue weighted by molar-refractivity contribution is 5.58. The molecule has 1 aromatic rings. The Morgan fingerprint density at radius 3 is 2.86 bits per heavy atom. The molecule has 28 heavy (non-hydrogen) atoms. The number of nitrogens with zero attached hydrogens (tertiary/aromatic N) is 3. The van der Waals surface area contributed by atoms with Crippen molar-refractivity contribution in [2.24, 2.45) is 5.73 Å². The van der Waals surface area contributed by atoms with Crippen LogP contribution in [-0.4, -0.2) is 32.7 Å². The predicted molar refractivity (Wildman–Crippen MR) is 108 cm³/mol. The molecule has 6 N–H and O–H groups in total. The molecule has 0 atom stereocenters. The Labute approximate surface area is 163 Å². The molecule has 10 heteroatoms. The number of rotatable bonds is 9. The van der Waals surface area contributed by atoms with E-state index in [0.29, 0.717) is 6.54 Å². The lowest BCUT2D eigenvalue weighted by molar-refractivity contribution is -0.384. The average molecular weight is 387 g/mol. The summed E-state index contributed by atoms with van der Waals surface area (Å²) in [6.07, 6.45) is 12.8. The summed E-state index contributed by atoms with van der Waals surface area (Å²) in [4.78, 5) is 18.9. The van der Waals surface area contributed by atoms with Gasteiger partial charge in [-0.05, 0) is 37.3 Å². The molecule has 2 rings (SSSR count). The van der Waals surface area contributed by atoms with Crippen LogP contribution in [0, 0.1) is 10.1 Å². The van der Waals surface area contributed by atoms with Crippen LogP contribution in [-0.2, 0) is 0 Å². The fourth-order valence-electron chi connectivity index (χ4n) is 2.62. The van der Waals surface area contributed by atoms with Crippen LogP contribution in [0.25, 0.3) is 0 Å². The lowest BCUT2D eigenvalue weighted by Crippen LogP contribution is -2.23. The summed E-state index contributed by atoms with van der Waals surface area (Å²) in [7, 11) is 0. The highest BCUT2D eigenvalue weighted by Crippen LogP contribution is 2.25. The molecular formula is C18H25N7O3. The summed E-state index contributed by atoms with van der Waals surface area (Å²) in [5.74, 6) is 0.368. The molecule has 1 aromatic heterocycles. The normalized spacial score (nSPS) is 17.3. The van der Waals surface area contributed by atoms with Gasteiger partial charge in [0.2, 0.25) is 11.8 Å². The van der Waals surface area contributed by atoms with Gasteiger partial charge < -0.3 is 16.4 Å². The van der Waals surface area contributed by atoms with Gasteiger partial charge in [-0.25, -0.2) is 4.98 Å². The van der Waals surface area contributed by atoms with E-state index in [2.05, 4.69) is 27.2 Å². The van der Waals surface area contributed by atoms with Crippen molar-refractivity contribution in [3.05, 3.63) is 64.7 Å². The first-order valence-corrected chi connectivity index (χ1v) is 8.86. The number of nitrogens with two attached hydrogens (primary N) is 1. The number of hydrogen-bond donors (Lipinski definition) is 5. The Morgan fingerprint density at radius 1 is 1.46 bits per heavy atom. The van der Waals surface area contributed by atoms with Gasteiger partial charge in [0.15, 0.2) is 0 Å². The fraction of sp³-hybridized carbons (Fsp3) is 0.333. The third kappa shape index (κ3) is 6.49. The van der Waals surface area contributed by atoms with Crippen LogP contribution in [0.3, 0.4) is 0 Å². The molecule has 1 aliphatic carbocycles. The van der Waals surface area contributed by atoms with Crippen LogP contribution >= 0.6 is 0 Å². The van der Waals surface area contributed by atoms with Crippen molar-refractivity contribution in [3.8, 4) is 0 Å². The molecule has 0 radical (unpaired) electrons. The van der Waals surface area contributed by atoms with Crippen molar-refractivity contribution in [2.45, 2.75) is 31.7 Å². The monoisotopic (exact) mass is 387 g/mol. The molecule has 1 fully saturated rings. The topological polar surface area (TPSA) is 151 Å². The maximum atomic E-state index is 11.3. The molecule has 0 unspecified atom stereocenters. The molecule has 150 valence electrons. The number of hydrogen-bond acceptors (Lipinski definition) is 9. The van der Waals surface area contributed by atoms with E-state index >= 15 is 0 Å². The second kappa shape index (κ2) is 10.8. The van der Waals surface area contributed by atoms with E-state index in [1.165, 1.54) is 12.4 Å². The molecule has 1 heterocycles. The summed E-state index contributed by atoms with van der Waals surface area (Å²) in [6.45, 7) is 4.07. The Bertz CT molecular complexity index is 779. The van der Waals surface area contributed by atoms with Crippen LogP contribution in [0.2, 0.25) is 0 Å². The molecule has 0 aromatic carbocycles. The van der Waals surface area contributed by atoms with E-state index in [1.807, 2.05) is 5.48 Å². The Hall–Kier alpha value is -3.24. The van der Waals surface area contributed by atoms with E-state index in [0.717, 1.165) is 36.8 Å². The van der Waals surface area contributed by atoms with Crippen molar-refractivity contribution in [3.63, 3.8) is 0 Å². The third-order valence-electron chi connectivity index (χ3n) is 4.25. The van der Waals surface area contributed by atoms with Gasteiger partial charge in [-0.1, -0.05) is 24.3 Å². The van der Waals surface area contributed by atoms with Gasteiger partial charge >= 0.3 is 5.69 Å². The first-order chi connectivity index (χ1) is 13.5. The van der Waals surface area contributed by atoms with Crippen LogP contribution in [0.15, 0.2) is 54.5 Å². The van der Waals surface area contributed by atoms with E-state index in [1.54, 1.807) is 24.4 Å². The second-order valence-electron chi connectivity index (χ2n) is 6.26. The SMILES string of the molecule is C=CC(=CC=CNO)CNc1ncc([N+](=O)[O-])c(NC=C2CCC(N)CC2)n1. The second-order valence-corrected chi connectivity index (χ2v) is 6.26. The Balaban J connectivity index is 2.10. The smallest absolute Gasteiger partial charge is 0.329 e. The van der Waals surface area contributed by atoms with Gasteiger partial charge in [0, 0.05) is 25.0 Å². The first-order valence-electron chi connectivity index (χ1n) is 8.86. The van der Waals surface area contributed by atoms with Crippen molar-refractivity contribution in [2.75, 3.05) is 17.2 Å². The maximum absolute atomic E-state index is 11.3. The molecule has 0 amide bonds. The van der Waals surface area contributed by atoms with Gasteiger partial charge in [0.25, 0.3) is 0 Å². The van der Waals surface area contributed by atoms with E-state index in [9.17, 15) is 10.1 Å².